The van der Waals surface area contributed by atoms with Crippen molar-refractivity contribution in [1.29, 1.82) is 0 Å². The lowest BCUT2D eigenvalue weighted by atomic mass is 10.2. The number of amides is 1. The van der Waals surface area contributed by atoms with Gasteiger partial charge >= 0.3 is 0 Å². The predicted molar refractivity (Wildman–Crippen MR) is 88.5 cm³/mol. The van der Waals surface area contributed by atoms with Gasteiger partial charge in [-0.3, -0.25) is 4.79 Å². The number of anilines is 1. The molecule has 1 atom stereocenters. The van der Waals surface area contributed by atoms with Crippen LogP contribution < -0.4 is 15.0 Å². The van der Waals surface area contributed by atoms with Crippen LogP contribution in [0, 0.1) is 5.82 Å². The first-order valence-corrected chi connectivity index (χ1v) is 7.55. The van der Waals surface area contributed by atoms with E-state index < -0.39 is 5.82 Å². The van der Waals surface area contributed by atoms with E-state index in [9.17, 15) is 9.18 Å². The van der Waals surface area contributed by atoms with Crippen molar-refractivity contribution < 1.29 is 18.8 Å². The van der Waals surface area contributed by atoms with E-state index >= 15 is 0 Å². The molecule has 2 N–H and O–H groups in total. The third kappa shape index (κ3) is 5.23. The Bertz CT molecular complexity index is 694. The molecule has 0 aliphatic rings. The molecular formula is C17H19ClFN2O2+. The smallest absolute Gasteiger partial charge is 0.279 e. The van der Waals surface area contributed by atoms with E-state index in [1.807, 2.05) is 31.3 Å². The molecule has 2 aromatic carbocycles. The number of benzene rings is 2. The fourth-order valence-electron chi connectivity index (χ4n) is 2.25. The maximum absolute atomic E-state index is 13.0. The van der Waals surface area contributed by atoms with Gasteiger partial charge in [-0.15, -0.1) is 0 Å². The Balaban J connectivity index is 1.91. The monoisotopic (exact) mass is 337 g/mol. The number of nitrogens with one attached hydrogen (secondary N) is 2. The Labute approximate surface area is 139 Å². The van der Waals surface area contributed by atoms with E-state index in [-0.39, 0.29) is 17.5 Å². The molecule has 0 fully saturated rings. The van der Waals surface area contributed by atoms with E-state index in [0.717, 1.165) is 16.2 Å². The molecule has 122 valence electrons. The number of methoxy groups -OCH3 is 1. The topological polar surface area (TPSA) is 42.8 Å². The zero-order valence-corrected chi connectivity index (χ0v) is 13.8. The third-order valence-electron chi connectivity index (χ3n) is 3.31. The van der Waals surface area contributed by atoms with E-state index in [1.165, 1.54) is 18.2 Å². The summed E-state index contributed by atoms with van der Waals surface area (Å²) < 4.78 is 18.2. The van der Waals surface area contributed by atoms with Crippen molar-refractivity contribution in [2.75, 3.05) is 26.0 Å². The molecule has 0 aliphatic heterocycles. The second kappa shape index (κ2) is 7.94. The highest BCUT2D eigenvalue weighted by molar-refractivity contribution is 6.33. The second-order valence-corrected chi connectivity index (χ2v) is 5.74. The maximum Gasteiger partial charge on any atom is 0.279 e. The number of carbonyl (C=O) groups excluding carboxylic acids is 1. The molecule has 4 nitrogen and oxygen atoms in total. The molecule has 0 saturated heterocycles. The first kappa shape index (κ1) is 17.2. The normalized spacial score (nSPS) is 11.8. The molecule has 0 aliphatic carbocycles. The van der Waals surface area contributed by atoms with Crippen molar-refractivity contribution in [3.8, 4) is 5.75 Å². The summed E-state index contributed by atoms with van der Waals surface area (Å²) in [4.78, 5) is 13.1. The van der Waals surface area contributed by atoms with Crippen molar-refractivity contribution >= 4 is 23.2 Å². The van der Waals surface area contributed by atoms with Crippen LogP contribution in [0.1, 0.15) is 5.56 Å². The molecule has 1 unspecified atom stereocenters. The SMILES string of the molecule is COc1cccc(C[NH+](C)CC(=O)Nc2ccc(F)cc2Cl)c1. The Hall–Kier alpha value is -2.11. The zero-order valence-electron chi connectivity index (χ0n) is 13.0. The van der Waals surface area contributed by atoms with Crippen molar-refractivity contribution in [2.24, 2.45) is 0 Å². The van der Waals surface area contributed by atoms with E-state index in [1.54, 1.807) is 7.11 Å². The quantitative estimate of drug-likeness (QED) is 0.848. The van der Waals surface area contributed by atoms with Crippen LogP contribution in [0.3, 0.4) is 0 Å². The van der Waals surface area contributed by atoms with Crippen LogP contribution >= 0.6 is 11.6 Å². The van der Waals surface area contributed by atoms with E-state index in [4.69, 9.17) is 16.3 Å². The largest absolute Gasteiger partial charge is 0.497 e. The first-order chi connectivity index (χ1) is 11.0. The fraction of sp³-hybridized carbons (Fsp3) is 0.235. The van der Waals surface area contributed by atoms with Gasteiger partial charge < -0.3 is 15.0 Å². The lowest BCUT2D eigenvalue weighted by molar-refractivity contribution is -0.885. The highest BCUT2D eigenvalue weighted by Gasteiger charge is 2.13. The van der Waals surface area contributed by atoms with Crippen LogP contribution in [0.15, 0.2) is 42.5 Å². The first-order valence-electron chi connectivity index (χ1n) is 7.17. The predicted octanol–water partition coefficient (Wildman–Crippen LogP) is 2.14. The standard InChI is InChI=1S/C17H18ClFN2O2/c1-21(10-12-4-3-5-14(8-12)23-2)11-17(22)20-16-7-6-13(19)9-15(16)18/h3-9H,10-11H2,1-2H3,(H,20,22)/p+1. The highest BCUT2D eigenvalue weighted by atomic mass is 35.5. The molecule has 2 aromatic rings. The average molecular weight is 338 g/mol. The van der Waals surface area contributed by atoms with Gasteiger partial charge in [-0.25, -0.2) is 4.39 Å². The van der Waals surface area contributed by atoms with Crippen molar-refractivity contribution in [3.63, 3.8) is 0 Å². The Morgan fingerprint density at radius 2 is 2.09 bits per heavy atom. The summed E-state index contributed by atoms with van der Waals surface area (Å²) in [5, 5.41) is 2.88. The van der Waals surface area contributed by atoms with Crippen LogP contribution in [0.25, 0.3) is 0 Å². The molecule has 0 radical (unpaired) electrons. The number of quaternary nitrogens is 1. The number of hydrogen-bond donors (Lipinski definition) is 2. The molecule has 6 heteroatoms. The van der Waals surface area contributed by atoms with Crippen LogP contribution in [0.2, 0.25) is 5.02 Å². The number of hydrogen-bond acceptors (Lipinski definition) is 2. The van der Waals surface area contributed by atoms with Gasteiger partial charge in [0.05, 0.1) is 24.9 Å². The van der Waals surface area contributed by atoms with E-state index in [2.05, 4.69) is 5.32 Å². The number of rotatable bonds is 6. The van der Waals surface area contributed by atoms with E-state index in [0.29, 0.717) is 12.2 Å². The molecule has 1 amide bonds. The summed E-state index contributed by atoms with van der Waals surface area (Å²) in [6, 6.07) is 11.6. The number of carbonyl (C=O) groups is 1. The van der Waals surface area contributed by atoms with Gasteiger partial charge in [-0.2, -0.15) is 0 Å². The minimum Gasteiger partial charge on any atom is -0.497 e. The third-order valence-corrected chi connectivity index (χ3v) is 3.62. The average Bonchev–Trinajstić information content (AvgIpc) is 2.50. The summed E-state index contributed by atoms with van der Waals surface area (Å²) in [6.45, 7) is 0.951. The maximum atomic E-state index is 13.0. The molecule has 2 rings (SSSR count). The molecule has 0 saturated carbocycles. The summed E-state index contributed by atoms with van der Waals surface area (Å²) in [7, 11) is 3.54. The second-order valence-electron chi connectivity index (χ2n) is 5.33. The zero-order chi connectivity index (χ0) is 16.8. The number of ether oxygens (including phenoxy) is 1. The molecule has 0 bridgehead atoms. The lowest BCUT2D eigenvalue weighted by Crippen LogP contribution is -3.08. The van der Waals surface area contributed by atoms with Crippen molar-refractivity contribution in [1.82, 2.24) is 0 Å². The molecule has 0 spiro atoms. The van der Waals surface area contributed by atoms with Crippen LogP contribution in [-0.4, -0.2) is 26.6 Å². The van der Waals surface area contributed by atoms with Gasteiger partial charge in [0.25, 0.3) is 5.91 Å². The summed E-state index contributed by atoms with van der Waals surface area (Å²) >= 11 is 5.90. The summed E-state index contributed by atoms with van der Waals surface area (Å²) in [5.74, 6) is 0.172. The Morgan fingerprint density at radius 1 is 1.30 bits per heavy atom. The molecule has 23 heavy (non-hydrogen) atoms. The van der Waals surface area contributed by atoms with Gasteiger partial charge in [0.15, 0.2) is 6.54 Å². The number of halogens is 2. The molecule has 0 heterocycles. The van der Waals surface area contributed by atoms with Gasteiger partial charge in [0.2, 0.25) is 0 Å². The van der Waals surface area contributed by atoms with Crippen LogP contribution in [0.5, 0.6) is 5.75 Å². The van der Waals surface area contributed by atoms with Crippen LogP contribution in [0.4, 0.5) is 10.1 Å². The van der Waals surface area contributed by atoms with Gasteiger partial charge in [-0.1, -0.05) is 23.7 Å². The van der Waals surface area contributed by atoms with Gasteiger partial charge in [-0.05, 0) is 30.3 Å². The molecule has 0 aromatic heterocycles. The minimum absolute atomic E-state index is 0.182. The van der Waals surface area contributed by atoms with Gasteiger partial charge in [0.1, 0.15) is 18.1 Å². The summed E-state index contributed by atoms with van der Waals surface area (Å²) in [5.41, 5.74) is 1.49. The number of likely N-dealkylation sites (N-methyl/N-ethyl adjacent to an activating group) is 1. The van der Waals surface area contributed by atoms with Crippen molar-refractivity contribution in [2.45, 2.75) is 6.54 Å². The highest BCUT2D eigenvalue weighted by Crippen LogP contribution is 2.22. The minimum atomic E-state index is -0.436. The van der Waals surface area contributed by atoms with Crippen molar-refractivity contribution in [3.05, 3.63) is 58.9 Å². The lowest BCUT2D eigenvalue weighted by Gasteiger charge is -2.15. The van der Waals surface area contributed by atoms with Crippen LogP contribution in [-0.2, 0) is 11.3 Å². The Morgan fingerprint density at radius 3 is 2.78 bits per heavy atom. The summed E-state index contributed by atoms with van der Waals surface area (Å²) in [6.07, 6.45) is 0. The Kier molecular flexibility index (Phi) is 5.96. The molecular weight excluding hydrogens is 319 g/mol. The van der Waals surface area contributed by atoms with Gasteiger partial charge in [0, 0.05) is 5.56 Å². The fourth-order valence-corrected chi connectivity index (χ4v) is 2.47.